The highest BCUT2D eigenvalue weighted by atomic mass is 35.5. The highest BCUT2D eigenvalue weighted by molar-refractivity contribution is 6.31. The lowest BCUT2D eigenvalue weighted by atomic mass is 10.2. The van der Waals surface area contributed by atoms with E-state index in [1.807, 2.05) is 30.5 Å². The summed E-state index contributed by atoms with van der Waals surface area (Å²) >= 11 is 6.14. The Morgan fingerprint density at radius 1 is 1.21 bits per heavy atom. The molecule has 0 aliphatic carbocycles. The smallest absolute Gasteiger partial charge is 0.0682 e. The molecule has 0 bridgehead atoms. The van der Waals surface area contributed by atoms with E-state index in [0.717, 1.165) is 22.0 Å². The van der Waals surface area contributed by atoms with Crippen molar-refractivity contribution in [3.8, 4) is 0 Å². The molecule has 1 N–H and O–H groups in total. The molecule has 3 nitrogen and oxygen atoms in total. The first-order chi connectivity index (χ1) is 9.28. The molecule has 4 heteroatoms. The third kappa shape index (κ3) is 2.35. The van der Waals surface area contributed by atoms with Crippen LogP contribution in [-0.4, -0.2) is 14.7 Å². The van der Waals surface area contributed by atoms with Crippen LogP contribution in [0.3, 0.4) is 0 Å². The van der Waals surface area contributed by atoms with E-state index in [4.69, 9.17) is 11.6 Å². The average Bonchev–Trinajstić information content (AvgIpc) is 2.84. The molecule has 0 fully saturated rings. The molecule has 96 valence electrons. The summed E-state index contributed by atoms with van der Waals surface area (Å²) in [4.78, 5) is 3.99. The summed E-state index contributed by atoms with van der Waals surface area (Å²) < 4.78 is 2.12. The van der Waals surface area contributed by atoms with Gasteiger partial charge in [0, 0.05) is 30.7 Å². The molecule has 0 amide bonds. The molecular formula is C15H13ClN2O. The van der Waals surface area contributed by atoms with Gasteiger partial charge < -0.3 is 9.67 Å². The lowest BCUT2D eigenvalue weighted by Gasteiger charge is -2.08. The largest absolute Gasteiger partial charge is 0.392 e. The second-order valence-corrected chi connectivity index (χ2v) is 4.87. The zero-order valence-electron chi connectivity index (χ0n) is 10.3. The highest BCUT2D eigenvalue weighted by Crippen LogP contribution is 2.21. The average molecular weight is 273 g/mol. The lowest BCUT2D eigenvalue weighted by Crippen LogP contribution is -1.99. The molecule has 0 spiro atoms. The first kappa shape index (κ1) is 12.2. The molecule has 3 aromatic rings. The van der Waals surface area contributed by atoms with E-state index in [-0.39, 0.29) is 6.61 Å². The molecule has 19 heavy (non-hydrogen) atoms. The number of benzene rings is 1. The van der Waals surface area contributed by atoms with Gasteiger partial charge in [0.1, 0.15) is 0 Å². The SMILES string of the molecule is OCc1ccc2ccn(Cc3ccncc3Cl)c2c1. The monoisotopic (exact) mass is 272 g/mol. The Bertz CT molecular complexity index is 721. The summed E-state index contributed by atoms with van der Waals surface area (Å²) in [5.74, 6) is 0. The van der Waals surface area contributed by atoms with Crippen LogP contribution in [0.15, 0.2) is 48.9 Å². The van der Waals surface area contributed by atoms with Crippen LogP contribution in [0.25, 0.3) is 10.9 Å². The Labute approximate surface area is 116 Å². The van der Waals surface area contributed by atoms with Gasteiger partial charge in [-0.25, -0.2) is 0 Å². The van der Waals surface area contributed by atoms with E-state index < -0.39 is 0 Å². The normalized spacial score (nSPS) is 11.1. The van der Waals surface area contributed by atoms with Crippen LogP contribution in [0.1, 0.15) is 11.1 Å². The van der Waals surface area contributed by atoms with Gasteiger partial charge in [-0.05, 0) is 34.7 Å². The maximum atomic E-state index is 9.22. The third-order valence-corrected chi connectivity index (χ3v) is 3.56. The van der Waals surface area contributed by atoms with Gasteiger partial charge in [0.25, 0.3) is 0 Å². The number of fused-ring (bicyclic) bond motifs is 1. The van der Waals surface area contributed by atoms with Crippen molar-refractivity contribution < 1.29 is 5.11 Å². The van der Waals surface area contributed by atoms with Gasteiger partial charge in [0.2, 0.25) is 0 Å². The number of aliphatic hydroxyl groups is 1. The fourth-order valence-corrected chi connectivity index (χ4v) is 2.36. The molecule has 0 aliphatic rings. The van der Waals surface area contributed by atoms with Gasteiger partial charge >= 0.3 is 0 Å². The van der Waals surface area contributed by atoms with E-state index in [1.165, 1.54) is 0 Å². The molecule has 0 atom stereocenters. The first-order valence-electron chi connectivity index (χ1n) is 6.05. The number of pyridine rings is 1. The lowest BCUT2D eigenvalue weighted by molar-refractivity contribution is 0.282. The van der Waals surface area contributed by atoms with E-state index in [1.54, 1.807) is 12.4 Å². The minimum Gasteiger partial charge on any atom is -0.392 e. The quantitative estimate of drug-likeness (QED) is 0.795. The van der Waals surface area contributed by atoms with E-state index in [2.05, 4.69) is 15.6 Å². The molecule has 2 heterocycles. The maximum Gasteiger partial charge on any atom is 0.0682 e. The molecule has 0 aliphatic heterocycles. The minimum atomic E-state index is 0.0527. The summed E-state index contributed by atoms with van der Waals surface area (Å²) in [6.45, 7) is 0.747. The highest BCUT2D eigenvalue weighted by Gasteiger charge is 2.05. The van der Waals surface area contributed by atoms with E-state index in [0.29, 0.717) is 11.6 Å². The van der Waals surface area contributed by atoms with Crippen molar-refractivity contribution >= 4 is 22.5 Å². The topological polar surface area (TPSA) is 38.0 Å². The molecular weight excluding hydrogens is 260 g/mol. The predicted octanol–water partition coefficient (Wildman–Crippen LogP) is 3.23. The summed E-state index contributed by atoms with van der Waals surface area (Å²) in [5.41, 5.74) is 3.04. The standard InChI is InChI=1S/C15H13ClN2O/c16-14-8-17-5-3-13(14)9-18-6-4-12-2-1-11(10-19)7-15(12)18/h1-8,19H,9-10H2. The van der Waals surface area contributed by atoms with E-state index in [9.17, 15) is 5.11 Å². The van der Waals surface area contributed by atoms with Crippen molar-refractivity contribution in [1.82, 2.24) is 9.55 Å². The van der Waals surface area contributed by atoms with Gasteiger partial charge in [0.15, 0.2) is 0 Å². The van der Waals surface area contributed by atoms with Crippen molar-refractivity contribution in [1.29, 1.82) is 0 Å². The Morgan fingerprint density at radius 3 is 2.89 bits per heavy atom. The van der Waals surface area contributed by atoms with Crippen molar-refractivity contribution in [2.75, 3.05) is 0 Å². The molecule has 1 aromatic carbocycles. The van der Waals surface area contributed by atoms with Crippen LogP contribution in [-0.2, 0) is 13.2 Å². The number of hydrogen-bond donors (Lipinski definition) is 1. The van der Waals surface area contributed by atoms with Gasteiger partial charge in [-0.1, -0.05) is 23.7 Å². The Balaban J connectivity index is 2.03. The molecule has 0 radical (unpaired) electrons. The second kappa shape index (κ2) is 5.03. The summed E-state index contributed by atoms with van der Waals surface area (Å²) in [6.07, 6.45) is 5.43. The zero-order chi connectivity index (χ0) is 13.2. The van der Waals surface area contributed by atoms with Crippen LogP contribution in [0.4, 0.5) is 0 Å². The number of rotatable bonds is 3. The van der Waals surface area contributed by atoms with Crippen molar-refractivity contribution in [2.45, 2.75) is 13.2 Å². The summed E-state index contributed by atoms with van der Waals surface area (Å²) in [5, 5.41) is 11.0. The van der Waals surface area contributed by atoms with Crippen molar-refractivity contribution in [3.05, 3.63) is 65.1 Å². The van der Waals surface area contributed by atoms with Crippen LogP contribution in [0.5, 0.6) is 0 Å². The molecule has 3 rings (SSSR count). The summed E-state index contributed by atoms with van der Waals surface area (Å²) in [7, 11) is 0. The zero-order valence-corrected chi connectivity index (χ0v) is 11.0. The Morgan fingerprint density at radius 2 is 2.11 bits per heavy atom. The number of halogens is 1. The van der Waals surface area contributed by atoms with Gasteiger partial charge in [0.05, 0.1) is 11.6 Å². The molecule has 0 unspecified atom stereocenters. The minimum absolute atomic E-state index is 0.0527. The fraction of sp³-hybridized carbons (Fsp3) is 0.133. The van der Waals surface area contributed by atoms with Gasteiger partial charge in [-0.3, -0.25) is 4.98 Å². The van der Waals surface area contributed by atoms with Crippen LogP contribution >= 0.6 is 11.6 Å². The molecule has 0 saturated carbocycles. The number of aliphatic hydroxyl groups excluding tert-OH is 1. The Kier molecular flexibility index (Phi) is 3.23. The first-order valence-corrected chi connectivity index (χ1v) is 6.43. The van der Waals surface area contributed by atoms with Gasteiger partial charge in [-0.2, -0.15) is 0 Å². The number of hydrogen-bond acceptors (Lipinski definition) is 2. The van der Waals surface area contributed by atoms with Crippen molar-refractivity contribution in [2.24, 2.45) is 0 Å². The van der Waals surface area contributed by atoms with E-state index >= 15 is 0 Å². The number of nitrogens with zero attached hydrogens (tertiary/aromatic N) is 2. The third-order valence-electron chi connectivity index (χ3n) is 3.22. The summed E-state index contributed by atoms with van der Waals surface area (Å²) in [6, 6.07) is 9.94. The van der Waals surface area contributed by atoms with Crippen LogP contribution in [0.2, 0.25) is 5.02 Å². The molecule has 0 saturated heterocycles. The predicted molar refractivity (Wildman–Crippen MR) is 76.2 cm³/mol. The van der Waals surface area contributed by atoms with Crippen LogP contribution in [0, 0.1) is 0 Å². The fourth-order valence-electron chi connectivity index (χ4n) is 2.18. The second-order valence-electron chi connectivity index (χ2n) is 4.46. The van der Waals surface area contributed by atoms with Crippen LogP contribution < -0.4 is 0 Å². The Hall–Kier alpha value is -1.84. The molecule has 2 aromatic heterocycles. The number of aromatic nitrogens is 2. The maximum absolute atomic E-state index is 9.22. The van der Waals surface area contributed by atoms with Gasteiger partial charge in [-0.15, -0.1) is 0 Å². The van der Waals surface area contributed by atoms with Crippen molar-refractivity contribution in [3.63, 3.8) is 0 Å².